The van der Waals surface area contributed by atoms with Gasteiger partial charge in [0.15, 0.2) is 0 Å². The summed E-state index contributed by atoms with van der Waals surface area (Å²) in [5.74, 6) is 1.82. The van der Waals surface area contributed by atoms with Gasteiger partial charge in [-0.2, -0.15) is 0 Å². The zero-order chi connectivity index (χ0) is 13.5. The van der Waals surface area contributed by atoms with Gasteiger partial charge >= 0.3 is 0 Å². The highest BCUT2D eigenvalue weighted by Gasteiger charge is 2.09. The lowest BCUT2D eigenvalue weighted by Crippen LogP contribution is -2.23. The molecule has 102 valence electrons. The van der Waals surface area contributed by atoms with Gasteiger partial charge in [-0.05, 0) is 30.7 Å². The third kappa shape index (κ3) is 3.86. The molecule has 0 bridgehead atoms. The topological polar surface area (TPSA) is 42.4 Å². The highest BCUT2D eigenvalue weighted by Crippen LogP contribution is 2.18. The summed E-state index contributed by atoms with van der Waals surface area (Å²) in [5.41, 5.74) is 6.82. The van der Waals surface area contributed by atoms with Crippen molar-refractivity contribution in [2.45, 2.75) is 32.9 Å². The summed E-state index contributed by atoms with van der Waals surface area (Å²) in [6, 6.07) is 14.4. The lowest BCUT2D eigenvalue weighted by molar-refractivity contribution is 0.461. The fraction of sp³-hybridized carbons (Fsp3) is 0.375. The van der Waals surface area contributed by atoms with Crippen molar-refractivity contribution in [1.29, 1.82) is 0 Å². The van der Waals surface area contributed by atoms with E-state index in [1.807, 2.05) is 18.2 Å². The maximum atomic E-state index is 5.70. The van der Waals surface area contributed by atoms with Crippen molar-refractivity contribution in [2.24, 2.45) is 5.73 Å². The van der Waals surface area contributed by atoms with E-state index in [4.69, 9.17) is 10.2 Å². The molecule has 0 atom stereocenters. The zero-order valence-electron chi connectivity index (χ0n) is 11.5. The van der Waals surface area contributed by atoms with E-state index in [1.165, 1.54) is 18.5 Å². The first-order valence-electron chi connectivity index (χ1n) is 6.91. The van der Waals surface area contributed by atoms with E-state index in [2.05, 4.69) is 36.1 Å². The molecule has 0 spiro atoms. The Hall–Kier alpha value is -1.74. The Kier molecular flexibility index (Phi) is 5.04. The minimum absolute atomic E-state index is 0.459. The summed E-state index contributed by atoms with van der Waals surface area (Å²) in [4.78, 5) is 2.35. The van der Waals surface area contributed by atoms with Gasteiger partial charge in [0.2, 0.25) is 0 Å². The average molecular weight is 258 g/mol. The van der Waals surface area contributed by atoms with Crippen LogP contribution in [0, 0.1) is 0 Å². The van der Waals surface area contributed by atoms with Gasteiger partial charge in [-0.25, -0.2) is 0 Å². The van der Waals surface area contributed by atoms with Crippen LogP contribution < -0.4 is 10.6 Å². The number of hydrogen-bond acceptors (Lipinski definition) is 3. The van der Waals surface area contributed by atoms with Crippen molar-refractivity contribution in [1.82, 2.24) is 0 Å². The van der Waals surface area contributed by atoms with Crippen LogP contribution >= 0.6 is 0 Å². The lowest BCUT2D eigenvalue weighted by atomic mass is 10.2. The Labute approximate surface area is 115 Å². The molecule has 2 aromatic rings. The number of nitrogens with zero attached hydrogens (tertiary/aromatic N) is 1. The molecular weight excluding hydrogens is 236 g/mol. The van der Waals surface area contributed by atoms with Gasteiger partial charge < -0.3 is 15.1 Å². The molecule has 3 nitrogen and oxygen atoms in total. The predicted molar refractivity (Wildman–Crippen MR) is 79.0 cm³/mol. The number of hydrogen-bond donors (Lipinski definition) is 1. The summed E-state index contributed by atoms with van der Waals surface area (Å²) >= 11 is 0. The number of nitrogens with two attached hydrogens (primary N) is 1. The molecule has 0 aliphatic rings. The van der Waals surface area contributed by atoms with Gasteiger partial charge in [-0.1, -0.05) is 31.5 Å². The molecule has 0 unspecified atom stereocenters. The Morgan fingerprint density at radius 2 is 1.79 bits per heavy atom. The minimum Gasteiger partial charge on any atom is -0.463 e. The van der Waals surface area contributed by atoms with Crippen LogP contribution in [0.1, 0.15) is 31.3 Å². The Bertz CT molecular complexity index is 479. The van der Waals surface area contributed by atoms with E-state index in [0.717, 1.165) is 24.6 Å². The van der Waals surface area contributed by atoms with E-state index < -0.39 is 0 Å². The quantitative estimate of drug-likeness (QED) is 0.826. The molecule has 0 fully saturated rings. The van der Waals surface area contributed by atoms with Crippen molar-refractivity contribution in [3.05, 3.63) is 54.0 Å². The van der Waals surface area contributed by atoms with Crippen molar-refractivity contribution >= 4 is 5.69 Å². The van der Waals surface area contributed by atoms with Crippen LogP contribution in [0.3, 0.4) is 0 Å². The molecule has 0 aliphatic carbocycles. The van der Waals surface area contributed by atoms with Gasteiger partial charge in [0, 0.05) is 12.2 Å². The van der Waals surface area contributed by atoms with Crippen LogP contribution in [0.15, 0.2) is 46.9 Å². The first-order valence-corrected chi connectivity index (χ1v) is 6.91. The normalized spacial score (nSPS) is 10.6. The van der Waals surface area contributed by atoms with Gasteiger partial charge in [0.1, 0.15) is 11.5 Å². The second-order valence-corrected chi connectivity index (χ2v) is 4.68. The maximum absolute atomic E-state index is 5.70. The number of rotatable bonds is 7. The monoisotopic (exact) mass is 258 g/mol. The van der Waals surface area contributed by atoms with E-state index in [0.29, 0.717) is 6.54 Å². The number of anilines is 1. The molecule has 2 N–H and O–H groups in total. The summed E-state index contributed by atoms with van der Waals surface area (Å²) < 4.78 is 5.70. The van der Waals surface area contributed by atoms with Crippen LogP contribution in [0.4, 0.5) is 5.69 Å². The number of unbranched alkanes of at least 4 members (excludes halogenated alkanes) is 1. The van der Waals surface area contributed by atoms with Crippen LogP contribution in [0.5, 0.6) is 0 Å². The second-order valence-electron chi connectivity index (χ2n) is 4.68. The van der Waals surface area contributed by atoms with Gasteiger partial charge in [-0.15, -0.1) is 0 Å². The molecule has 1 aromatic heterocycles. The fourth-order valence-electron chi connectivity index (χ4n) is 2.09. The molecule has 3 heteroatoms. The summed E-state index contributed by atoms with van der Waals surface area (Å²) in [5, 5.41) is 0. The van der Waals surface area contributed by atoms with E-state index >= 15 is 0 Å². The molecule has 1 heterocycles. The molecule has 0 saturated heterocycles. The van der Waals surface area contributed by atoms with Gasteiger partial charge in [0.05, 0.1) is 13.1 Å². The third-order valence-corrected chi connectivity index (χ3v) is 3.17. The van der Waals surface area contributed by atoms with Crippen molar-refractivity contribution in [3.8, 4) is 0 Å². The van der Waals surface area contributed by atoms with Crippen LogP contribution in [-0.2, 0) is 13.1 Å². The smallest absolute Gasteiger partial charge is 0.123 e. The van der Waals surface area contributed by atoms with Crippen molar-refractivity contribution in [3.63, 3.8) is 0 Å². The van der Waals surface area contributed by atoms with Gasteiger partial charge in [-0.3, -0.25) is 0 Å². The van der Waals surface area contributed by atoms with E-state index in [1.54, 1.807) is 0 Å². The Balaban J connectivity index is 2.09. The highest BCUT2D eigenvalue weighted by molar-refractivity contribution is 5.46. The summed E-state index contributed by atoms with van der Waals surface area (Å²) in [7, 11) is 0. The van der Waals surface area contributed by atoms with Crippen LogP contribution in [0.2, 0.25) is 0 Å². The first-order chi connectivity index (χ1) is 9.33. The van der Waals surface area contributed by atoms with Gasteiger partial charge in [0.25, 0.3) is 0 Å². The summed E-state index contributed by atoms with van der Waals surface area (Å²) in [6.45, 7) is 4.51. The number of furan rings is 1. The van der Waals surface area contributed by atoms with E-state index in [-0.39, 0.29) is 0 Å². The number of para-hydroxylation sites is 1. The zero-order valence-corrected chi connectivity index (χ0v) is 11.5. The molecule has 0 aliphatic heterocycles. The summed E-state index contributed by atoms with van der Waals surface area (Å²) in [6.07, 6.45) is 2.37. The second kappa shape index (κ2) is 7.00. The molecular formula is C16H22N2O. The fourth-order valence-corrected chi connectivity index (χ4v) is 2.09. The third-order valence-electron chi connectivity index (χ3n) is 3.17. The molecule has 19 heavy (non-hydrogen) atoms. The SMILES string of the molecule is CCCCN(Cc1ccc(CN)o1)c1ccccc1. The maximum Gasteiger partial charge on any atom is 0.123 e. The Morgan fingerprint density at radius 3 is 2.42 bits per heavy atom. The highest BCUT2D eigenvalue weighted by atomic mass is 16.3. The molecule has 2 rings (SSSR count). The Morgan fingerprint density at radius 1 is 1.05 bits per heavy atom. The van der Waals surface area contributed by atoms with Crippen molar-refractivity contribution in [2.75, 3.05) is 11.4 Å². The lowest BCUT2D eigenvalue weighted by Gasteiger charge is -2.23. The van der Waals surface area contributed by atoms with Crippen LogP contribution in [0.25, 0.3) is 0 Å². The first kappa shape index (κ1) is 13.7. The average Bonchev–Trinajstić information content (AvgIpc) is 2.92. The molecule has 0 amide bonds. The van der Waals surface area contributed by atoms with Crippen LogP contribution in [-0.4, -0.2) is 6.54 Å². The molecule has 0 saturated carbocycles. The predicted octanol–water partition coefficient (Wildman–Crippen LogP) is 3.55. The van der Waals surface area contributed by atoms with E-state index in [9.17, 15) is 0 Å². The standard InChI is InChI=1S/C16H22N2O/c1-2-3-11-18(14-7-5-4-6-8-14)13-16-10-9-15(12-17)19-16/h4-10H,2-3,11-13,17H2,1H3. The van der Waals surface area contributed by atoms with Crippen molar-refractivity contribution < 1.29 is 4.42 Å². The number of benzene rings is 1. The minimum atomic E-state index is 0.459. The molecule has 0 radical (unpaired) electrons. The largest absolute Gasteiger partial charge is 0.463 e. The molecule has 1 aromatic carbocycles.